The minimum Gasteiger partial charge on any atom is -0.481 e. The summed E-state index contributed by atoms with van der Waals surface area (Å²) in [5.41, 5.74) is 5.65. The summed E-state index contributed by atoms with van der Waals surface area (Å²) in [6, 6.07) is 9.86. The van der Waals surface area contributed by atoms with Gasteiger partial charge in [-0.3, -0.25) is 24.1 Å². The molecule has 39 heavy (non-hydrogen) atoms. The van der Waals surface area contributed by atoms with Gasteiger partial charge in [0.25, 0.3) is 21.5 Å². The fraction of sp³-hybridized carbons (Fsp3) is 0.125. The number of carboxylic acid groups (broad SMARTS) is 2. The van der Waals surface area contributed by atoms with Crippen molar-refractivity contribution in [1.29, 1.82) is 0 Å². The number of nitrogens with two attached hydrogens (primary N) is 1. The molecule has 7 N–H and O–H groups in total. The van der Waals surface area contributed by atoms with Crippen LogP contribution in [-0.2, 0) is 19.6 Å². The molecule has 0 fully saturated rings. The number of fused-ring (bicyclic) bond motifs is 3. The van der Waals surface area contributed by atoms with Gasteiger partial charge in [0, 0.05) is 22.1 Å². The van der Waals surface area contributed by atoms with E-state index in [1.54, 1.807) is 12.1 Å². The third kappa shape index (κ3) is 5.99. The van der Waals surface area contributed by atoms with Crippen molar-refractivity contribution in [2.24, 2.45) is 0 Å². The maximum Gasteiger partial charge on any atom is 0.326 e. The lowest BCUT2D eigenvalue weighted by molar-refractivity contribution is -0.140. The van der Waals surface area contributed by atoms with Crippen LogP contribution < -0.4 is 21.3 Å². The van der Waals surface area contributed by atoms with Crippen molar-refractivity contribution in [1.82, 2.24) is 15.3 Å². The number of benzene rings is 3. The molecule has 202 valence electrons. The molecule has 0 bridgehead atoms. The average molecular weight is 618 g/mol. The van der Waals surface area contributed by atoms with Gasteiger partial charge >= 0.3 is 11.9 Å². The number of anilines is 2. The van der Waals surface area contributed by atoms with Crippen LogP contribution in [0.2, 0.25) is 0 Å². The predicted octanol–water partition coefficient (Wildman–Crippen LogP) is 2.27. The number of hydrogen-bond donors (Lipinski definition) is 6. The molecule has 0 spiro atoms. The van der Waals surface area contributed by atoms with E-state index < -0.39 is 45.9 Å². The smallest absolute Gasteiger partial charge is 0.326 e. The van der Waals surface area contributed by atoms with Gasteiger partial charge in [-0.25, -0.2) is 18.2 Å². The van der Waals surface area contributed by atoms with E-state index in [9.17, 15) is 32.7 Å². The van der Waals surface area contributed by atoms with E-state index in [1.807, 2.05) is 0 Å². The van der Waals surface area contributed by atoms with Crippen LogP contribution in [0.4, 0.5) is 11.6 Å². The van der Waals surface area contributed by atoms with Gasteiger partial charge in [0.2, 0.25) is 5.95 Å². The average Bonchev–Trinajstić information content (AvgIpc) is 2.85. The maximum absolute atomic E-state index is 13.2. The summed E-state index contributed by atoms with van der Waals surface area (Å²) in [6.07, 6.45) is -0.746. The van der Waals surface area contributed by atoms with Crippen LogP contribution in [0.25, 0.3) is 21.7 Å². The molecule has 0 aliphatic carbocycles. The van der Waals surface area contributed by atoms with Gasteiger partial charge in [0.15, 0.2) is 0 Å². The zero-order valence-electron chi connectivity index (χ0n) is 19.8. The summed E-state index contributed by atoms with van der Waals surface area (Å²) in [4.78, 5) is 53.3. The van der Waals surface area contributed by atoms with Gasteiger partial charge in [-0.1, -0.05) is 6.07 Å². The first kappa shape index (κ1) is 27.5. The third-order valence-corrected chi connectivity index (χ3v) is 8.04. The molecule has 1 atom stereocenters. The Morgan fingerprint density at radius 1 is 1.08 bits per heavy atom. The molecule has 0 saturated carbocycles. The lowest BCUT2D eigenvalue weighted by Gasteiger charge is -2.14. The van der Waals surface area contributed by atoms with Crippen LogP contribution in [0.1, 0.15) is 23.2 Å². The van der Waals surface area contributed by atoms with Crippen molar-refractivity contribution in [3.05, 3.63) is 68.9 Å². The molecule has 1 heterocycles. The maximum atomic E-state index is 13.2. The number of aliphatic carboxylic acids is 2. The van der Waals surface area contributed by atoms with E-state index >= 15 is 0 Å². The second kappa shape index (κ2) is 10.7. The number of H-pyrrole nitrogens is 1. The van der Waals surface area contributed by atoms with E-state index in [4.69, 9.17) is 10.8 Å². The number of carbonyl (C=O) groups excluding carboxylic acids is 1. The van der Waals surface area contributed by atoms with Crippen LogP contribution in [0.5, 0.6) is 0 Å². The van der Waals surface area contributed by atoms with Gasteiger partial charge in [-0.05, 0) is 75.6 Å². The second-order valence-electron chi connectivity index (χ2n) is 8.39. The fourth-order valence-electron chi connectivity index (χ4n) is 3.85. The Morgan fingerprint density at radius 2 is 1.77 bits per heavy atom. The minimum atomic E-state index is -4.14. The normalized spacial score (nSPS) is 12.2. The summed E-state index contributed by atoms with van der Waals surface area (Å²) in [5, 5.41) is 21.4. The van der Waals surface area contributed by atoms with Gasteiger partial charge in [-0.15, -0.1) is 0 Å². The van der Waals surface area contributed by atoms with E-state index in [0.29, 0.717) is 16.3 Å². The Kier molecular flexibility index (Phi) is 7.56. The first-order valence-corrected chi connectivity index (χ1v) is 13.4. The minimum absolute atomic E-state index is 0.0396. The van der Waals surface area contributed by atoms with Gasteiger partial charge in [0.05, 0.1) is 10.9 Å². The molecule has 15 heteroatoms. The van der Waals surface area contributed by atoms with E-state index in [0.717, 1.165) is 0 Å². The summed E-state index contributed by atoms with van der Waals surface area (Å²) in [5.74, 6) is -3.39. The number of nitrogens with one attached hydrogen (secondary N) is 3. The van der Waals surface area contributed by atoms with Crippen molar-refractivity contribution in [2.45, 2.75) is 23.8 Å². The third-order valence-electron chi connectivity index (χ3n) is 5.70. The number of carbonyl (C=O) groups is 3. The molecule has 0 aliphatic rings. The number of carboxylic acids is 2. The highest BCUT2D eigenvalue weighted by Crippen LogP contribution is 2.32. The van der Waals surface area contributed by atoms with Crippen molar-refractivity contribution in [3.8, 4) is 0 Å². The van der Waals surface area contributed by atoms with Crippen LogP contribution >= 0.6 is 15.9 Å². The lowest BCUT2D eigenvalue weighted by atomic mass is 10.1. The van der Waals surface area contributed by atoms with Crippen LogP contribution in [0.15, 0.2) is 62.7 Å². The first-order valence-electron chi connectivity index (χ1n) is 11.2. The molecule has 0 unspecified atom stereocenters. The predicted molar refractivity (Wildman–Crippen MR) is 145 cm³/mol. The van der Waals surface area contributed by atoms with Crippen molar-refractivity contribution < 1.29 is 33.0 Å². The number of rotatable bonds is 9. The van der Waals surface area contributed by atoms with Gasteiger partial charge in [-0.2, -0.15) is 0 Å². The molecular weight excluding hydrogens is 598 g/mol. The molecule has 1 aromatic heterocycles. The molecular formula is C24H20BrN5O8S. The molecule has 13 nitrogen and oxygen atoms in total. The van der Waals surface area contributed by atoms with E-state index in [2.05, 4.69) is 35.9 Å². The molecule has 0 radical (unpaired) electrons. The largest absolute Gasteiger partial charge is 0.481 e. The van der Waals surface area contributed by atoms with Crippen molar-refractivity contribution >= 4 is 77.1 Å². The number of nitrogen functional groups attached to an aromatic ring is 1. The first-order chi connectivity index (χ1) is 18.4. The number of aromatic amines is 1. The molecule has 4 rings (SSSR count). The second-order valence-corrected chi connectivity index (χ2v) is 10.9. The monoisotopic (exact) mass is 617 g/mol. The Balaban J connectivity index is 1.57. The number of hydrogen-bond acceptors (Lipinski definition) is 8. The Morgan fingerprint density at radius 3 is 2.41 bits per heavy atom. The zero-order chi connectivity index (χ0) is 28.5. The van der Waals surface area contributed by atoms with Crippen molar-refractivity contribution in [3.63, 3.8) is 0 Å². The number of amides is 1. The Labute approximate surface area is 228 Å². The summed E-state index contributed by atoms with van der Waals surface area (Å²) in [7, 11) is -4.14. The summed E-state index contributed by atoms with van der Waals surface area (Å²) >= 11 is 3.26. The molecule has 0 aliphatic heterocycles. The van der Waals surface area contributed by atoms with Crippen LogP contribution in [0, 0.1) is 0 Å². The Hall–Kier alpha value is -4.50. The quantitative estimate of drug-likeness (QED) is 0.150. The fourth-order valence-corrected chi connectivity index (χ4v) is 5.99. The topological polar surface area (TPSA) is 222 Å². The number of halogens is 1. The van der Waals surface area contributed by atoms with E-state index in [-0.39, 0.29) is 38.4 Å². The number of sulfonamides is 1. The Bertz CT molecular complexity index is 1810. The molecule has 1 amide bonds. The van der Waals surface area contributed by atoms with Crippen LogP contribution in [0.3, 0.4) is 0 Å². The molecule has 0 saturated heterocycles. The molecule has 4 aromatic rings. The van der Waals surface area contributed by atoms with Gasteiger partial charge < -0.3 is 21.3 Å². The van der Waals surface area contributed by atoms with Gasteiger partial charge in [0.1, 0.15) is 10.9 Å². The summed E-state index contributed by atoms with van der Waals surface area (Å²) in [6.45, 7) is 0. The lowest BCUT2D eigenvalue weighted by Crippen LogP contribution is -2.41. The van der Waals surface area contributed by atoms with E-state index in [1.165, 1.54) is 36.4 Å². The van der Waals surface area contributed by atoms with Crippen molar-refractivity contribution in [2.75, 3.05) is 10.5 Å². The molecule has 3 aromatic carbocycles. The SMILES string of the molecule is Nc1nc2ccc3cc(S(=O)(=O)Nc4ccc(C(=O)N[C@@H](CCC(=O)O)C(=O)O)cc4)c(Br)cc3c2c(=O)[nH]1. The summed E-state index contributed by atoms with van der Waals surface area (Å²) < 4.78 is 28.9. The highest BCUT2D eigenvalue weighted by atomic mass is 79.9. The highest BCUT2D eigenvalue weighted by molar-refractivity contribution is 9.10. The highest BCUT2D eigenvalue weighted by Gasteiger charge is 2.23. The standard InChI is InChI=1S/C24H20BrN5O8S/c25-15-10-14-12(3-6-16-20(14)22(34)29-24(26)28-16)9-18(15)39(37,38)30-13-4-1-11(2-5-13)21(33)27-17(23(35)36)7-8-19(31)32/h1-6,9-10,17,30H,7-8H2,(H,27,33)(H,31,32)(H,35,36)(H3,26,28,29,34)/t17-/m0/s1. The zero-order valence-corrected chi connectivity index (χ0v) is 22.2. The number of aromatic nitrogens is 2. The number of nitrogens with zero attached hydrogens (tertiary/aromatic N) is 1. The van der Waals surface area contributed by atoms with Crippen LogP contribution in [-0.4, -0.2) is 52.5 Å².